The minimum absolute atomic E-state index is 0.212. The Morgan fingerprint density at radius 1 is 1.17 bits per heavy atom. The van der Waals surface area contributed by atoms with E-state index in [4.69, 9.17) is 0 Å². The maximum absolute atomic E-state index is 12.3. The van der Waals surface area contributed by atoms with Crippen LogP contribution in [0.25, 0.3) is 27.8 Å². The van der Waals surface area contributed by atoms with Crippen molar-refractivity contribution in [3.63, 3.8) is 0 Å². The van der Waals surface area contributed by atoms with Crippen molar-refractivity contribution >= 4 is 28.3 Å². The largest absolute Gasteiger partial charge is 0.331 e. The van der Waals surface area contributed by atoms with Crippen molar-refractivity contribution in [1.82, 2.24) is 24.3 Å². The van der Waals surface area contributed by atoms with Gasteiger partial charge in [0.05, 0.1) is 11.2 Å². The van der Waals surface area contributed by atoms with Crippen LogP contribution in [0, 0.1) is 6.92 Å². The van der Waals surface area contributed by atoms with E-state index in [9.17, 15) is 4.79 Å². The lowest BCUT2D eigenvalue weighted by Gasteiger charge is -2.03. The summed E-state index contributed by atoms with van der Waals surface area (Å²) in [7, 11) is 0. The van der Waals surface area contributed by atoms with Crippen LogP contribution >= 0.6 is 11.8 Å². The van der Waals surface area contributed by atoms with Gasteiger partial charge in [-0.3, -0.25) is 0 Å². The second kappa shape index (κ2) is 5.20. The predicted octanol–water partition coefficient (Wildman–Crippen LogP) is 2.66. The van der Waals surface area contributed by atoms with Crippen LogP contribution in [0.4, 0.5) is 0 Å². The lowest BCUT2D eigenvalue weighted by atomic mass is 10.1. The summed E-state index contributed by atoms with van der Waals surface area (Å²) in [5, 5.41) is 1.64. The molecule has 4 aromatic rings. The van der Waals surface area contributed by atoms with Gasteiger partial charge in [0.1, 0.15) is 5.65 Å². The third-order valence-electron chi connectivity index (χ3n) is 3.82. The average molecular weight is 323 g/mol. The van der Waals surface area contributed by atoms with Crippen molar-refractivity contribution in [3.05, 3.63) is 52.8 Å². The van der Waals surface area contributed by atoms with E-state index in [0.29, 0.717) is 10.8 Å². The molecule has 114 valence electrons. The van der Waals surface area contributed by atoms with Gasteiger partial charge in [-0.05, 0) is 36.9 Å². The molecule has 0 saturated heterocycles. The molecule has 0 unspecified atom stereocenters. The Morgan fingerprint density at radius 2 is 2.00 bits per heavy atom. The number of fused-ring (bicyclic) bond motifs is 3. The molecule has 0 saturated carbocycles. The number of rotatable bonds is 2. The average Bonchev–Trinajstić information content (AvgIpc) is 2.92. The van der Waals surface area contributed by atoms with E-state index in [1.54, 1.807) is 23.0 Å². The van der Waals surface area contributed by atoms with Gasteiger partial charge in [0.2, 0.25) is 0 Å². The van der Waals surface area contributed by atoms with Crippen molar-refractivity contribution in [3.8, 4) is 11.3 Å². The van der Waals surface area contributed by atoms with Crippen molar-refractivity contribution in [1.29, 1.82) is 0 Å². The van der Waals surface area contributed by atoms with Crippen LogP contribution in [0.15, 0.2) is 46.7 Å². The number of hydrogen-bond donors (Lipinski definition) is 1. The number of H-pyrrole nitrogens is 1. The third kappa shape index (κ3) is 2.04. The first-order valence-electron chi connectivity index (χ1n) is 7.05. The molecule has 23 heavy (non-hydrogen) atoms. The van der Waals surface area contributed by atoms with E-state index in [1.165, 1.54) is 11.8 Å². The molecule has 4 aromatic heterocycles. The first-order valence-corrected chi connectivity index (χ1v) is 8.28. The molecule has 0 aliphatic carbocycles. The van der Waals surface area contributed by atoms with Gasteiger partial charge in [-0.2, -0.15) is 0 Å². The van der Waals surface area contributed by atoms with E-state index in [0.717, 1.165) is 27.7 Å². The Morgan fingerprint density at radius 3 is 2.83 bits per heavy atom. The topological polar surface area (TPSA) is 75.9 Å². The summed E-state index contributed by atoms with van der Waals surface area (Å²) in [5.41, 5.74) is 3.97. The van der Waals surface area contributed by atoms with Crippen molar-refractivity contribution < 1.29 is 0 Å². The van der Waals surface area contributed by atoms with Gasteiger partial charge in [0.15, 0.2) is 5.16 Å². The number of nitrogens with zero attached hydrogens (tertiary/aromatic N) is 4. The number of pyridine rings is 1. The lowest BCUT2D eigenvalue weighted by Crippen LogP contribution is -2.15. The first kappa shape index (κ1) is 14.0. The third-order valence-corrected chi connectivity index (χ3v) is 4.38. The van der Waals surface area contributed by atoms with Crippen molar-refractivity contribution in [2.45, 2.75) is 12.1 Å². The van der Waals surface area contributed by atoms with Crippen LogP contribution in [0.2, 0.25) is 0 Å². The van der Waals surface area contributed by atoms with Gasteiger partial charge in [-0.1, -0.05) is 11.8 Å². The Kier molecular flexibility index (Phi) is 3.16. The van der Waals surface area contributed by atoms with Crippen LogP contribution < -0.4 is 5.69 Å². The summed E-state index contributed by atoms with van der Waals surface area (Å²) < 4.78 is 1.60. The maximum atomic E-state index is 12.3. The van der Waals surface area contributed by atoms with E-state index in [-0.39, 0.29) is 5.69 Å². The second-order valence-corrected chi connectivity index (χ2v) is 5.91. The van der Waals surface area contributed by atoms with Crippen LogP contribution in [0.1, 0.15) is 5.56 Å². The summed E-state index contributed by atoms with van der Waals surface area (Å²) in [6.45, 7) is 2.01. The Labute approximate surface area is 135 Å². The van der Waals surface area contributed by atoms with Gasteiger partial charge in [0.25, 0.3) is 0 Å². The number of aromatic nitrogens is 5. The highest BCUT2D eigenvalue weighted by molar-refractivity contribution is 7.98. The smallest absolute Gasteiger partial charge is 0.314 e. The molecule has 0 atom stereocenters. The molecule has 0 aliphatic rings. The molecule has 1 N–H and O–H groups in total. The fourth-order valence-electron chi connectivity index (χ4n) is 2.83. The number of aromatic amines is 1. The van der Waals surface area contributed by atoms with Crippen LogP contribution in [0.5, 0.6) is 0 Å². The summed E-state index contributed by atoms with van der Waals surface area (Å²) >= 11 is 1.49. The highest BCUT2D eigenvalue weighted by atomic mass is 32.2. The van der Waals surface area contributed by atoms with E-state index in [1.807, 2.05) is 31.4 Å². The normalized spacial score (nSPS) is 11.4. The molecule has 0 aromatic carbocycles. The van der Waals surface area contributed by atoms with Crippen LogP contribution in [0.3, 0.4) is 0 Å². The molecule has 0 amide bonds. The Bertz CT molecular complexity index is 1100. The molecule has 0 bridgehead atoms. The molecule has 0 radical (unpaired) electrons. The minimum Gasteiger partial charge on any atom is -0.314 e. The number of hydrogen-bond acceptors (Lipinski definition) is 5. The number of thioether (sulfide) groups is 1. The molecule has 7 heteroatoms. The molecular formula is C16H13N5OS. The SMILES string of the molecule is CSc1nccc(-c2c3c(C)ccnc3n3c(=O)[nH]ccc23)n1. The zero-order chi connectivity index (χ0) is 16.0. The highest BCUT2D eigenvalue weighted by Crippen LogP contribution is 2.34. The predicted molar refractivity (Wildman–Crippen MR) is 90.9 cm³/mol. The second-order valence-electron chi connectivity index (χ2n) is 5.13. The molecule has 0 fully saturated rings. The van der Waals surface area contributed by atoms with E-state index >= 15 is 0 Å². The highest BCUT2D eigenvalue weighted by Gasteiger charge is 2.19. The zero-order valence-electron chi connectivity index (χ0n) is 12.6. The monoisotopic (exact) mass is 323 g/mol. The molecule has 0 spiro atoms. The van der Waals surface area contributed by atoms with Gasteiger partial charge in [-0.25, -0.2) is 24.1 Å². The number of aryl methyl sites for hydroxylation is 1. The lowest BCUT2D eigenvalue weighted by molar-refractivity contribution is 0.976. The van der Waals surface area contributed by atoms with E-state index in [2.05, 4.69) is 19.9 Å². The standard InChI is InChI=1S/C16H13N5OS/c1-9-3-6-17-14-12(9)13(10-4-7-18-15(20-10)23-2)11-5-8-19-16(22)21(11)14/h3-8H,1-2H3,(H,19,22). The fraction of sp³-hybridized carbons (Fsp3) is 0.125. The maximum Gasteiger partial charge on any atom is 0.331 e. The fourth-order valence-corrected chi connectivity index (χ4v) is 3.19. The summed E-state index contributed by atoms with van der Waals surface area (Å²) in [4.78, 5) is 28.3. The molecular weight excluding hydrogens is 310 g/mol. The minimum atomic E-state index is -0.212. The van der Waals surface area contributed by atoms with Crippen molar-refractivity contribution in [2.24, 2.45) is 0 Å². The quantitative estimate of drug-likeness (QED) is 0.453. The zero-order valence-corrected chi connectivity index (χ0v) is 13.4. The molecule has 0 aliphatic heterocycles. The number of nitrogens with one attached hydrogen (secondary N) is 1. The molecule has 4 heterocycles. The first-order chi connectivity index (χ1) is 11.2. The molecule has 4 rings (SSSR count). The van der Waals surface area contributed by atoms with Gasteiger partial charge >= 0.3 is 5.69 Å². The summed E-state index contributed by atoms with van der Waals surface area (Å²) in [6.07, 6.45) is 7.04. The molecule has 6 nitrogen and oxygen atoms in total. The summed E-state index contributed by atoms with van der Waals surface area (Å²) in [6, 6.07) is 5.68. The Hall–Kier alpha value is -2.67. The van der Waals surface area contributed by atoms with Gasteiger partial charge in [-0.15, -0.1) is 0 Å². The van der Waals surface area contributed by atoms with Gasteiger partial charge < -0.3 is 4.98 Å². The van der Waals surface area contributed by atoms with Crippen LogP contribution in [-0.2, 0) is 0 Å². The van der Waals surface area contributed by atoms with Gasteiger partial charge in [0, 0.05) is 29.5 Å². The Balaban J connectivity index is 2.24. The van der Waals surface area contributed by atoms with Crippen molar-refractivity contribution in [2.75, 3.05) is 6.26 Å². The summed E-state index contributed by atoms with van der Waals surface area (Å²) in [5.74, 6) is 0. The van der Waals surface area contributed by atoms with E-state index < -0.39 is 0 Å². The van der Waals surface area contributed by atoms with Crippen LogP contribution in [-0.4, -0.2) is 30.6 Å².